The highest BCUT2D eigenvalue weighted by atomic mass is 32.1. The Bertz CT molecular complexity index is 1440. The van der Waals surface area contributed by atoms with E-state index >= 15 is 0 Å². The van der Waals surface area contributed by atoms with Gasteiger partial charge in [0.25, 0.3) is 0 Å². The summed E-state index contributed by atoms with van der Waals surface area (Å²) in [6, 6.07) is 17.0. The quantitative estimate of drug-likeness (QED) is 0.147. The molecule has 5 heteroatoms. The molecule has 0 atom stereocenters. The van der Waals surface area contributed by atoms with Crippen LogP contribution in [0.1, 0.15) is 104 Å². The van der Waals surface area contributed by atoms with Gasteiger partial charge in [-0.15, -0.1) is 11.3 Å². The lowest BCUT2D eigenvalue weighted by atomic mass is 9.80. The van der Waals surface area contributed by atoms with E-state index in [1.807, 2.05) is 0 Å². The Kier molecular flexibility index (Phi) is 8.00. The van der Waals surface area contributed by atoms with E-state index in [0.717, 1.165) is 32.0 Å². The van der Waals surface area contributed by atoms with Crippen molar-refractivity contribution in [2.75, 3.05) is 0 Å². The van der Waals surface area contributed by atoms with Crippen LogP contribution >= 0.6 is 11.3 Å². The number of hydrogen-bond acceptors (Lipinski definition) is 5. The third kappa shape index (κ3) is 5.99. The molecule has 0 aliphatic carbocycles. The van der Waals surface area contributed by atoms with Gasteiger partial charge in [0, 0.05) is 0 Å². The number of fused-ring (bicyclic) bond motifs is 2. The Morgan fingerprint density at radius 1 is 0.615 bits per heavy atom. The van der Waals surface area contributed by atoms with Crippen LogP contribution in [0, 0.1) is 0 Å². The minimum absolute atomic E-state index is 0.121. The number of hydrogen-bond donors (Lipinski definition) is 0. The molecule has 0 N–H and O–H groups in total. The van der Waals surface area contributed by atoms with Crippen LogP contribution < -0.4 is 0 Å². The first kappa shape index (κ1) is 27.6. The predicted molar refractivity (Wildman–Crippen MR) is 165 cm³/mol. The summed E-state index contributed by atoms with van der Waals surface area (Å²) in [5.74, 6) is 1.30. The Morgan fingerprint density at radius 3 is 1.46 bits per heavy atom. The third-order valence-electron chi connectivity index (χ3n) is 8.18. The van der Waals surface area contributed by atoms with Crippen molar-refractivity contribution >= 4 is 33.5 Å². The molecule has 5 aromatic rings. The number of rotatable bonds is 12. The molecule has 0 radical (unpaired) electrons. The van der Waals surface area contributed by atoms with E-state index in [-0.39, 0.29) is 10.8 Å². The summed E-state index contributed by atoms with van der Waals surface area (Å²) in [5, 5.41) is 0. The van der Waals surface area contributed by atoms with Crippen LogP contribution in [0.5, 0.6) is 0 Å². The highest BCUT2D eigenvalue weighted by Crippen LogP contribution is 2.38. The van der Waals surface area contributed by atoms with Crippen molar-refractivity contribution in [2.24, 2.45) is 0 Å². The molecular weight excluding hydrogens is 500 g/mol. The summed E-state index contributed by atoms with van der Waals surface area (Å²) in [6.07, 6.45) is 9.88. The summed E-state index contributed by atoms with van der Waals surface area (Å²) in [6.45, 7) is 13.8. The number of thiophene rings is 1. The standard InChI is InChI=1S/C34H42N2O2S/c1-7-9-11-19-33(3,4)23-13-15-27-25(21-23)35-31(37-27)29-17-18-30(39-29)32-36-26-22-24(14-16-28(26)38-32)34(5,6)20-12-10-8-2/h13-18,21-22H,7-12,19-20H2,1-6H3. The van der Waals surface area contributed by atoms with Crippen LogP contribution in [-0.2, 0) is 10.8 Å². The molecule has 0 spiro atoms. The summed E-state index contributed by atoms with van der Waals surface area (Å²) >= 11 is 1.60. The molecule has 206 valence electrons. The average Bonchev–Trinajstić information content (AvgIpc) is 3.65. The smallest absolute Gasteiger partial charge is 0.237 e. The van der Waals surface area contributed by atoms with Gasteiger partial charge in [-0.2, -0.15) is 0 Å². The van der Waals surface area contributed by atoms with Crippen molar-refractivity contribution in [1.82, 2.24) is 9.97 Å². The van der Waals surface area contributed by atoms with E-state index in [4.69, 9.17) is 18.8 Å². The summed E-state index contributed by atoms with van der Waals surface area (Å²) in [7, 11) is 0. The topological polar surface area (TPSA) is 52.1 Å². The molecule has 0 unspecified atom stereocenters. The summed E-state index contributed by atoms with van der Waals surface area (Å²) in [5.41, 5.74) is 6.35. The molecule has 39 heavy (non-hydrogen) atoms. The SMILES string of the molecule is CCCCCC(C)(C)c1ccc2oc(-c3ccc(-c4nc5cc(C(C)(C)CCCCC)ccc5o4)s3)nc2c1. The molecule has 3 heterocycles. The Labute approximate surface area is 236 Å². The van der Waals surface area contributed by atoms with Crippen molar-refractivity contribution in [3.05, 3.63) is 59.7 Å². The number of benzene rings is 2. The van der Waals surface area contributed by atoms with Gasteiger partial charge in [-0.05, 0) is 71.2 Å². The van der Waals surface area contributed by atoms with Crippen LogP contribution in [0.15, 0.2) is 57.4 Å². The van der Waals surface area contributed by atoms with Crippen molar-refractivity contribution in [2.45, 2.75) is 104 Å². The van der Waals surface area contributed by atoms with Gasteiger partial charge in [0.05, 0.1) is 9.75 Å². The molecule has 0 aliphatic rings. The number of oxazole rings is 2. The molecular formula is C34H42N2O2S. The number of aromatic nitrogens is 2. The van der Waals surface area contributed by atoms with E-state index < -0.39 is 0 Å². The van der Waals surface area contributed by atoms with Gasteiger partial charge >= 0.3 is 0 Å². The number of unbranched alkanes of at least 4 members (excludes halogenated alkanes) is 4. The van der Waals surface area contributed by atoms with Crippen molar-refractivity contribution in [3.63, 3.8) is 0 Å². The normalized spacial score (nSPS) is 12.7. The molecule has 2 aromatic carbocycles. The second-order valence-corrected chi connectivity index (χ2v) is 13.3. The zero-order chi connectivity index (χ0) is 27.6. The van der Waals surface area contributed by atoms with Gasteiger partial charge in [-0.3, -0.25) is 0 Å². The molecule has 0 fully saturated rings. The highest BCUT2D eigenvalue weighted by Gasteiger charge is 2.23. The van der Waals surface area contributed by atoms with Gasteiger partial charge in [0.2, 0.25) is 11.8 Å². The van der Waals surface area contributed by atoms with Crippen LogP contribution in [-0.4, -0.2) is 9.97 Å². The largest absolute Gasteiger partial charge is 0.435 e. The fraction of sp³-hybridized carbons (Fsp3) is 0.471. The third-order valence-corrected chi connectivity index (χ3v) is 9.24. The maximum Gasteiger partial charge on any atom is 0.237 e. The van der Waals surface area contributed by atoms with Crippen LogP contribution in [0.2, 0.25) is 0 Å². The predicted octanol–water partition coefficient (Wildman–Crippen LogP) is 11.1. The molecule has 0 aliphatic heterocycles. The molecule has 0 saturated heterocycles. The summed E-state index contributed by atoms with van der Waals surface area (Å²) < 4.78 is 12.3. The minimum atomic E-state index is 0.121. The van der Waals surface area contributed by atoms with Gasteiger partial charge in [0.1, 0.15) is 11.0 Å². The Morgan fingerprint density at radius 2 is 1.05 bits per heavy atom. The maximum absolute atomic E-state index is 6.17. The zero-order valence-corrected chi connectivity index (χ0v) is 25.2. The second kappa shape index (κ2) is 11.3. The Hall–Kier alpha value is -2.92. The zero-order valence-electron chi connectivity index (χ0n) is 24.4. The average molecular weight is 543 g/mol. The molecule has 0 bridgehead atoms. The second-order valence-electron chi connectivity index (χ2n) is 12.2. The molecule has 3 aromatic heterocycles. The van der Waals surface area contributed by atoms with E-state index in [1.54, 1.807) is 11.3 Å². The van der Waals surface area contributed by atoms with E-state index in [0.29, 0.717) is 11.8 Å². The minimum Gasteiger partial charge on any atom is -0.435 e. The first-order chi connectivity index (χ1) is 18.7. The first-order valence-electron chi connectivity index (χ1n) is 14.6. The molecule has 5 rings (SSSR count). The van der Waals surface area contributed by atoms with E-state index in [9.17, 15) is 0 Å². The molecule has 4 nitrogen and oxygen atoms in total. The van der Waals surface area contributed by atoms with Crippen molar-refractivity contribution < 1.29 is 8.83 Å². The summed E-state index contributed by atoms with van der Waals surface area (Å²) in [4.78, 5) is 11.7. The van der Waals surface area contributed by atoms with E-state index in [1.165, 1.54) is 62.5 Å². The fourth-order valence-corrected chi connectivity index (χ4v) is 6.26. The fourth-order valence-electron chi connectivity index (χ4n) is 5.40. The monoisotopic (exact) mass is 542 g/mol. The molecule has 0 saturated carbocycles. The van der Waals surface area contributed by atoms with Crippen LogP contribution in [0.4, 0.5) is 0 Å². The van der Waals surface area contributed by atoms with Gasteiger partial charge in [-0.1, -0.05) is 92.2 Å². The van der Waals surface area contributed by atoms with Crippen LogP contribution in [0.25, 0.3) is 43.7 Å². The highest BCUT2D eigenvalue weighted by molar-refractivity contribution is 7.18. The van der Waals surface area contributed by atoms with Crippen molar-refractivity contribution in [3.8, 4) is 21.5 Å². The van der Waals surface area contributed by atoms with Gasteiger partial charge in [0.15, 0.2) is 11.2 Å². The lowest BCUT2D eigenvalue weighted by Gasteiger charge is -2.25. The van der Waals surface area contributed by atoms with E-state index in [2.05, 4.69) is 90.1 Å². The van der Waals surface area contributed by atoms with Gasteiger partial charge in [-0.25, -0.2) is 9.97 Å². The van der Waals surface area contributed by atoms with Crippen LogP contribution in [0.3, 0.4) is 0 Å². The lowest BCUT2D eigenvalue weighted by molar-refractivity contribution is 0.450. The first-order valence-corrected chi connectivity index (χ1v) is 15.4. The maximum atomic E-state index is 6.17. The van der Waals surface area contributed by atoms with Crippen molar-refractivity contribution in [1.29, 1.82) is 0 Å². The Balaban J connectivity index is 1.37. The van der Waals surface area contributed by atoms with Gasteiger partial charge < -0.3 is 8.83 Å². The number of nitrogens with zero attached hydrogens (tertiary/aromatic N) is 2. The molecule has 0 amide bonds. The lowest BCUT2D eigenvalue weighted by Crippen LogP contribution is -2.16.